The van der Waals surface area contributed by atoms with Crippen molar-refractivity contribution in [3.05, 3.63) is 56.7 Å². The van der Waals surface area contributed by atoms with Crippen LogP contribution in [0.4, 0.5) is 10.1 Å². The molecule has 2 rings (SSSR count). The van der Waals surface area contributed by atoms with E-state index in [-0.39, 0.29) is 5.82 Å². The molecule has 2 aromatic carbocycles. The minimum atomic E-state index is -0.251. The van der Waals surface area contributed by atoms with E-state index in [9.17, 15) is 4.39 Å². The second-order valence-electron chi connectivity index (χ2n) is 4.31. The molecule has 0 aliphatic rings. The van der Waals surface area contributed by atoms with Crippen molar-refractivity contribution in [2.75, 3.05) is 18.5 Å². The van der Waals surface area contributed by atoms with Crippen molar-refractivity contribution < 1.29 is 9.13 Å². The first-order chi connectivity index (χ1) is 9.56. The number of halogens is 3. The van der Waals surface area contributed by atoms with Gasteiger partial charge in [-0.1, -0.05) is 22.0 Å². The summed E-state index contributed by atoms with van der Waals surface area (Å²) in [6.07, 6.45) is 0. The SMILES string of the molecule is Cc1cc(F)c(Br)cc1NCCOc1cccc(Br)c1. The monoisotopic (exact) mass is 401 g/mol. The maximum Gasteiger partial charge on any atom is 0.137 e. The highest BCUT2D eigenvalue weighted by Gasteiger charge is 2.04. The van der Waals surface area contributed by atoms with E-state index < -0.39 is 0 Å². The summed E-state index contributed by atoms with van der Waals surface area (Å²) in [6, 6.07) is 10.9. The van der Waals surface area contributed by atoms with Crippen molar-refractivity contribution in [3.63, 3.8) is 0 Å². The minimum absolute atomic E-state index is 0.251. The summed E-state index contributed by atoms with van der Waals surface area (Å²) in [4.78, 5) is 0. The van der Waals surface area contributed by atoms with Crippen LogP contribution in [0.25, 0.3) is 0 Å². The van der Waals surface area contributed by atoms with Gasteiger partial charge in [-0.3, -0.25) is 0 Å². The zero-order valence-corrected chi connectivity index (χ0v) is 14.1. The van der Waals surface area contributed by atoms with Crippen LogP contribution < -0.4 is 10.1 Å². The third kappa shape index (κ3) is 4.21. The van der Waals surface area contributed by atoms with Crippen LogP contribution >= 0.6 is 31.9 Å². The van der Waals surface area contributed by atoms with E-state index in [4.69, 9.17) is 4.74 Å². The van der Waals surface area contributed by atoms with E-state index in [1.165, 1.54) is 6.07 Å². The first-order valence-electron chi connectivity index (χ1n) is 6.14. The number of benzene rings is 2. The van der Waals surface area contributed by atoms with Gasteiger partial charge in [-0.25, -0.2) is 4.39 Å². The molecule has 106 valence electrons. The first kappa shape index (κ1) is 15.3. The van der Waals surface area contributed by atoms with Crippen molar-refractivity contribution in [1.82, 2.24) is 0 Å². The Morgan fingerprint density at radius 2 is 2.00 bits per heavy atom. The van der Waals surface area contributed by atoms with Crippen LogP contribution in [0.1, 0.15) is 5.56 Å². The van der Waals surface area contributed by atoms with Crippen LogP contribution in [0.15, 0.2) is 45.3 Å². The van der Waals surface area contributed by atoms with Gasteiger partial charge in [0.1, 0.15) is 18.2 Å². The molecule has 0 saturated carbocycles. The third-order valence-corrected chi connectivity index (χ3v) is 3.85. The summed E-state index contributed by atoms with van der Waals surface area (Å²) in [7, 11) is 0. The Bertz CT molecular complexity index is 604. The van der Waals surface area contributed by atoms with Gasteiger partial charge in [0.2, 0.25) is 0 Å². The fourth-order valence-electron chi connectivity index (χ4n) is 1.75. The maximum atomic E-state index is 13.3. The molecule has 1 N–H and O–H groups in total. The topological polar surface area (TPSA) is 21.3 Å². The predicted molar refractivity (Wildman–Crippen MR) is 87.0 cm³/mol. The standard InChI is InChI=1S/C15H14Br2FNO/c1-10-7-14(18)13(17)9-15(10)19-5-6-20-12-4-2-3-11(16)8-12/h2-4,7-9,19H,5-6H2,1H3. The first-order valence-corrected chi connectivity index (χ1v) is 7.73. The van der Waals surface area contributed by atoms with E-state index in [0.29, 0.717) is 17.6 Å². The highest BCUT2D eigenvalue weighted by Crippen LogP contribution is 2.24. The van der Waals surface area contributed by atoms with Crippen LogP contribution in [0.3, 0.4) is 0 Å². The third-order valence-electron chi connectivity index (χ3n) is 2.75. The van der Waals surface area contributed by atoms with Gasteiger partial charge >= 0.3 is 0 Å². The van der Waals surface area contributed by atoms with Gasteiger partial charge in [-0.2, -0.15) is 0 Å². The Kier molecular flexibility index (Phi) is 5.43. The number of nitrogens with one attached hydrogen (secondary N) is 1. The number of ether oxygens (including phenoxy) is 1. The van der Waals surface area contributed by atoms with E-state index in [1.807, 2.05) is 31.2 Å². The molecule has 0 saturated heterocycles. The van der Waals surface area contributed by atoms with Crippen molar-refractivity contribution >= 4 is 37.5 Å². The van der Waals surface area contributed by atoms with E-state index in [2.05, 4.69) is 37.2 Å². The van der Waals surface area contributed by atoms with Crippen LogP contribution in [-0.4, -0.2) is 13.2 Å². The van der Waals surface area contributed by atoms with Crippen molar-refractivity contribution in [3.8, 4) is 5.75 Å². The molecule has 0 fully saturated rings. The van der Waals surface area contributed by atoms with E-state index in [0.717, 1.165) is 21.5 Å². The zero-order chi connectivity index (χ0) is 14.5. The molecular weight excluding hydrogens is 389 g/mol. The average molecular weight is 403 g/mol. The number of rotatable bonds is 5. The zero-order valence-electron chi connectivity index (χ0n) is 10.9. The summed E-state index contributed by atoms with van der Waals surface area (Å²) in [5.41, 5.74) is 1.77. The molecule has 20 heavy (non-hydrogen) atoms. The van der Waals surface area contributed by atoms with Crippen LogP contribution in [0.5, 0.6) is 5.75 Å². The van der Waals surface area contributed by atoms with Gasteiger partial charge in [0.05, 0.1) is 4.47 Å². The lowest BCUT2D eigenvalue weighted by atomic mass is 10.2. The molecule has 0 radical (unpaired) electrons. The lowest BCUT2D eigenvalue weighted by Crippen LogP contribution is -2.12. The normalized spacial score (nSPS) is 10.4. The Labute approximate surface area is 134 Å². The molecule has 2 nitrogen and oxygen atoms in total. The summed E-state index contributed by atoms with van der Waals surface area (Å²) in [6.45, 7) is 3.04. The molecule has 2 aromatic rings. The smallest absolute Gasteiger partial charge is 0.137 e. The molecule has 0 spiro atoms. The van der Waals surface area contributed by atoms with Gasteiger partial charge in [0.25, 0.3) is 0 Å². The number of anilines is 1. The van der Waals surface area contributed by atoms with Crippen molar-refractivity contribution in [2.24, 2.45) is 0 Å². The lowest BCUT2D eigenvalue weighted by molar-refractivity contribution is 0.332. The Balaban J connectivity index is 1.86. The maximum absolute atomic E-state index is 13.3. The van der Waals surface area contributed by atoms with Crippen LogP contribution in [-0.2, 0) is 0 Å². The summed E-state index contributed by atoms with van der Waals surface area (Å²) >= 11 is 6.58. The van der Waals surface area contributed by atoms with Gasteiger partial charge in [0, 0.05) is 16.7 Å². The number of hydrogen-bond donors (Lipinski definition) is 1. The molecule has 0 bridgehead atoms. The molecule has 0 aliphatic heterocycles. The fourth-order valence-corrected chi connectivity index (χ4v) is 2.47. The van der Waals surface area contributed by atoms with Gasteiger partial charge < -0.3 is 10.1 Å². The molecule has 0 amide bonds. The van der Waals surface area contributed by atoms with Crippen LogP contribution in [0.2, 0.25) is 0 Å². The van der Waals surface area contributed by atoms with Crippen molar-refractivity contribution in [2.45, 2.75) is 6.92 Å². The Morgan fingerprint density at radius 1 is 1.20 bits per heavy atom. The largest absolute Gasteiger partial charge is 0.492 e. The molecule has 0 aliphatic carbocycles. The van der Waals surface area contributed by atoms with E-state index >= 15 is 0 Å². The highest BCUT2D eigenvalue weighted by atomic mass is 79.9. The van der Waals surface area contributed by atoms with Gasteiger partial charge in [-0.15, -0.1) is 0 Å². The summed E-state index contributed by atoms with van der Waals surface area (Å²) in [5.74, 6) is 0.566. The molecule has 0 unspecified atom stereocenters. The number of aryl methyl sites for hydroxylation is 1. The second kappa shape index (κ2) is 7.09. The molecule has 0 heterocycles. The van der Waals surface area contributed by atoms with Crippen LogP contribution in [0, 0.1) is 12.7 Å². The Morgan fingerprint density at radius 3 is 2.75 bits per heavy atom. The molecule has 0 aromatic heterocycles. The van der Waals surface area contributed by atoms with Gasteiger partial charge in [-0.05, 0) is 58.7 Å². The predicted octanol–water partition coefficient (Wildman–Crippen LogP) is 5.15. The molecule has 0 atom stereocenters. The minimum Gasteiger partial charge on any atom is -0.492 e. The Hall–Kier alpha value is -1.07. The molecule has 5 heteroatoms. The number of hydrogen-bond acceptors (Lipinski definition) is 2. The van der Waals surface area contributed by atoms with Gasteiger partial charge in [0.15, 0.2) is 0 Å². The van der Waals surface area contributed by atoms with E-state index in [1.54, 1.807) is 6.07 Å². The lowest BCUT2D eigenvalue weighted by Gasteiger charge is -2.11. The van der Waals surface area contributed by atoms with Crippen molar-refractivity contribution in [1.29, 1.82) is 0 Å². The summed E-state index contributed by atoms with van der Waals surface area (Å²) < 4.78 is 20.4. The second-order valence-corrected chi connectivity index (χ2v) is 6.08. The summed E-state index contributed by atoms with van der Waals surface area (Å²) in [5, 5.41) is 3.23. The quantitative estimate of drug-likeness (QED) is 0.698. The fraction of sp³-hybridized carbons (Fsp3) is 0.200. The molecular formula is C15H14Br2FNO. The highest BCUT2D eigenvalue weighted by molar-refractivity contribution is 9.10. The average Bonchev–Trinajstić information content (AvgIpc) is 2.40.